The summed E-state index contributed by atoms with van der Waals surface area (Å²) in [6.45, 7) is 0. The quantitative estimate of drug-likeness (QED) is 0.175. The fraction of sp³-hybridized carbons (Fsp3) is 0.259. The molecule has 8 heteroatoms. The number of benzene rings is 4. The maximum Gasteiger partial charge on any atom is 0.149 e. The van der Waals surface area contributed by atoms with Gasteiger partial charge in [0.25, 0.3) is 0 Å². The van der Waals surface area contributed by atoms with Crippen LogP contribution in [-0.2, 0) is 9.47 Å². The van der Waals surface area contributed by atoms with Crippen molar-refractivity contribution in [3.8, 4) is 11.8 Å². The summed E-state index contributed by atoms with van der Waals surface area (Å²) < 4.78 is 16.3. The maximum absolute atomic E-state index is 11.5. The fourth-order valence-corrected chi connectivity index (χ4v) is 13.4. The van der Waals surface area contributed by atoms with E-state index in [9.17, 15) is 5.26 Å². The summed E-state index contributed by atoms with van der Waals surface area (Å²) in [4.78, 5) is 5.04. The molecule has 0 saturated carbocycles. The standard InChI is InChI=1S/C58H48N6O2/c59-32-35-28-45-50(31-48(35)63-46-18-8-4-14-37(46)38-15-5-9-19-47(38)63)64-49-30-36(23-25-39(49)43-26-27-44-41-17-7-11-21-52(41)66-55(44)54(43)64)62-57(60-56(61-58(45)62)33-12-2-1-3-13-33)34-22-24-42-40-16-6-10-20-51(40)65-53(42)29-34/h1-4,6-10,12-14,17-20,23-31,34,38,40,44,47,55-58,60-61H,5,11,15-16,21-22H2. The van der Waals surface area contributed by atoms with Crippen molar-refractivity contribution in [3.05, 3.63) is 208 Å². The molecule has 0 radical (unpaired) electrons. The number of nitriles is 1. The van der Waals surface area contributed by atoms with Crippen molar-refractivity contribution >= 4 is 34.0 Å². The van der Waals surface area contributed by atoms with E-state index >= 15 is 0 Å². The highest BCUT2D eigenvalue weighted by Gasteiger charge is 2.48. The summed E-state index contributed by atoms with van der Waals surface area (Å²) in [5, 5.41) is 21.0. The molecule has 5 aliphatic heterocycles. The lowest BCUT2D eigenvalue weighted by Crippen LogP contribution is -2.63. The molecule has 10 aliphatic rings. The van der Waals surface area contributed by atoms with Crippen LogP contribution in [-0.4, -0.2) is 16.8 Å². The van der Waals surface area contributed by atoms with E-state index in [0.29, 0.717) is 11.5 Å². The zero-order chi connectivity index (χ0) is 43.2. The van der Waals surface area contributed by atoms with Gasteiger partial charge in [-0.15, -0.1) is 0 Å². The molecule has 9 unspecified atom stereocenters. The molecule has 15 rings (SSSR count). The van der Waals surface area contributed by atoms with E-state index in [4.69, 9.17) is 9.47 Å². The number of hydrogen-bond acceptors (Lipinski definition) is 7. The van der Waals surface area contributed by atoms with E-state index in [1.54, 1.807) is 0 Å². The first-order chi connectivity index (χ1) is 32.7. The van der Waals surface area contributed by atoms with Crippen molar-refractivity contribution in [2.24, 2.45) is 17.8 Å². The predicted molar refractivity (Wildman–Crippen MR) is 258 cm³/mol. The Labute approximate surface area is 384 Å². The van der Waals surface area contributed by atoms with Gasteiger partial charge >= 0.3 is 0 Å². The molecule has 9 atom stereocenters. The van der Waals surface area contributed by atoms with Gasteiger partial charge < -0.3 is 23.8 Å². The fourth-order valence-electron chi connectivity index (χ4n) is 13.4. The zero-order valence-corrected chi connectivity index (χ0v) is 36.5. The number of aromatic nitrogens is 1. The second-order valence-electron chi connectivity index (χ2n) is 19.6. The van der Waals surface area contributed by atoms with Crippen LogP contribution in [0.5, 0.6) is 0 Å². The molecule has 5 aliphatic carbocycles. The lowest BCUT2D eigenvalue weighted by molar-refractivity contribution is 0.114. The molecule has 0 amide bonds. The first-order valence-electron chi connectivity index (χ1n) is 24.1. The Kier molecular flexibility index (Phi) is 7.88. The highest BCUT2D eigenvalue weighted by molar-refractivity contribution is 5.97. The van der Waals surface area contributed by atoms with Gasteiger partial charge in [-0.05, 0) is 85.7 Å². The number of para-hydroxylation sites is 1. The number of nitrogens with zero attached hydrogens (tertiary/aromatic N) is 4. The van der Waals surface area contributed by atoms with Crippen LogP contribution in [0.15, 0.2) is 174 Å². The van der Waals surface area contributed by atoms with Crippen LogP contribution in [0.3, 0.4) is 0 Å². The monoisotopic (exact) mass is 860 g/mol. The summed E-state index contributed by atoms with van der Waals surface area (Å²) in [5.74, 6) is 4.02. The lowest BCUT2D eigenvalue weighted by Gasteiger charge is -2.51. The lowest BCUT2D eigenvalue weighted by atomic mass is 9.84. The van der Waals surface area contributed by atoms with Crippen molar-refractivity contribution in [2.75, 3.05) is 9.80 Å². The molecule has 0 spiro atoms. The largest absolute Gasteiger partial charge is 0.487 e. The SMILES string of the molecule is N#Cc1cc2c(cc1N1c3ccccc3C3CCC=CC31)-n1c3c(c4ccc(cc41)N1C2NC(c2ccccc2)NC1C1C=C2OC4=CC=CCC4C2=CC1)C=CC1C2=C(CCC=C2)OC31. The Morgan fingerprint density at radius 2 is 1.74 bits per heavy atom. The van der Waals surface area contributed by atoms with Gasteiger partial charge in [0.05, 0.1) is 46.5 Å². The molecular formula is C58H48N6O2. The van der Waals surface area contributed by atoms with E-state index in [-0.39, 0.29) is 48.4 Å². The van der Waals surface area contributed by atoms with Gasteiger partial charge in [-0.3, -0.25) is 10.6 Å². The molecule has 2 saturated heterocycles. The summed E-state index contributed by atoms with van der Waals surface area (Å²) in [6.07, 6.45) is 30.5. The predicted octanol–water partition coefficient (Wildman–Crippen LogP) is 12.1. The first-order valence-corrected chi connectivity index (χ1v) is 24.1. The number of anilines is 3. The maximum atomic E-state index is 11.5. The summed E-state index contributed by atoms with van der Waals surface area (Å²) in [7, 11) is 0. The van der Waals surface area contributed by atoms with Gasteiger partial charge in [-0.25, -0.2) is 0 Å². The minimum absolute atomic E-state index is 0.0821. The highest BCUT2D eigenvalue weighted by Crippen LogP contribution is 2.56. The molecule has 8 nitrogen and oxygen atoms in total. The van der Waals surface area contributed by atoms with Crippen LogP contribution in [0.4, 0.5) is 17.1 Å². The highest BCUT2D eigenvalue weighted by atomic mass is 16.5. The molecule has 322 valence electrons. The van der Waals surface area contributed by atoms with Gasteiger partial charge in [0, 0.05) is 69.1 Å². The van der Waals surface area contributed by atoms with Crippen molar-refractivity contribution in [3.63, 3.8) is 0 Å². The number of fused-ring (bicyclic) bond motifs is 18. The summed E-state index contributed by atoms with van der Waals surface area (Å²) in [6, 6.07) is 34.2. The summed E-state index contributed by atoms with van der Waals surface area (Å²) >= 11 is 0. The minimum atomic E-state index is -0.328. The smallest absolute Gasteiger partial charge is 0.149 e. The second kappa shape index (κ2) is 14.0. The van der Waals surface area contributed by atoms with Gasteiger partial charge in [0.1, 0.15) is 35.6 Å². The molecule has 2 bridgehead atoms. The van der Waals surface area contributed by atoms with E-state index in [2.05, 4.69) is 183 Å². The molecule has 6 heterocycles. The Morgan fingerprint density at radius 3 is 2.68 bits per heavy atom. The Hall–Kier alpha value is -7.05. The number of allylic oxidation sites excluding steroid dienone is 10. The van der Waals surface area contributed by atoms with Crippen LogP contribution in [0.25, 0.3) is 22.7 Å². The Morgan fingerprint density at radius 1 is 0.818 bits per heavy atom. The Bertz CT molecular complexity index is 3260. The van der Waals surface area contributed by atoms with Gasteiger partial charge in [0.15, 0.2) is 0 Å². The van der Waals surface area contributed by atoms with E-state index in [1.165, 1.54) is 39.0 Å². The van der Waals surface area contributed by atoms with Gasteiger partial charge in [-0.1, -0.05) is 109 Å². The third-order valence-electron chi connectivity index (χ3n) is 16.3. The number of hydrogen-bond donors (Lipinski definition) is 2. The Balaban J connectivity index is 0.976. The van der Waals surface area contributed by atoms with Crippen LogP contribution in [0, 0.1) is 29.1 Å². The summed E-state index contributed by atoms with van der Waals surface area (Å²) in [5.41, 5.74) is 14.8. The topological polar surface area (TPSA) is 77.7 Å². The molecule has 1 aromatic heterocycles. The number of nitrogens with one attached hydrogen (secondary N) is 2. The third kappa shape index (κ3) is 5.16. The van der Waals surface area contributed by atoms with Crippen molar-refractivity contribution in [2.45, 2.75) is 75.1 Å². The van der Waals surface area contributed by atoms with E-state index < -0.39 is 0 Å². The van der Waals surface area contributed by atoms with Crippen LogP contribution in [0.1, 0.15) is 96.4 Å². The number of ether oxygens (including phenoxy) is 2. The molecule has 4 aromatic carbocycles. The zero-order valence-electron chi connectivity index (χ0n) is 36.5. The van der Waals surface area contributed by atoms with E-state index in [0.717, 1.165) is 89.5 Å². The van der Waals surface area contributed by atoms with Crippen molar-refractivity contribution < 1.29 is 9.47 Å². The van der Waals surface area contributed by atoms with Crippen molar-refractivity contribution in [1.29, 1.82) is 5.26 Å². The van der Waals surface area contributed by atoms with Crippen LogP contribution in [0.2, 0.25) is 0 Å². The molecular weight excluding hydrogens is 813 g/mol. The third-order valence-corrected chi connectivity index (χ3v) is 16.3. The molecule has 2 N–H and O–H groups in total. The van der Waals surface area contributed by atoms with Crippen molar-refractivity contribution in [1.82, 2.24) is 15.2 Å². The normalized spacial score (nSPS) is 29.9. The number of rotatable bonds is 3. The van der Waals surface area contributed by atoms with Gasteiger partial charge in [-0.2, -0.15) is 5.26 Å². The molecule has 2 fully saturated rings. The first kappa shape index (κ1) is 37.2. The van der Waals surface area contributed by atoms with Crippen LogP contribution >= 0.6 is 0 Å². The van der Waals surface area contributed by atoms with Gasteiger partial charge in [0.2, 0.25) is 0 Å². The molecule has 66 heavy (non-hydrogen) atoms. The van der Waals surface area contributed by atoms with Crippen LogP contribution < -0.4 is 20.4 Å². The average molecular weight is 861 g/mol. The average Bonchev–Trinajstić information content (AvgIpc) is 4.12. The molecule has 5 aromatic rings. The second-order valence-corrected chi connectivity index (χ2v) is 19.6. The van der Waals surface area contributed by atoms with E-state index in [1.807, 2.05) is 0 Å². The minimum Gasteiger partial charge on any atom is -0.487 e.